The molecular formula is C21H22N2O3. The normalized spacial score (nSPS) is 22.3. The molecule has 4 rings (SSSR count). The first kappa shape index (κ1) is 16.6. The Morgan fingerprint density at radius 3 is 2.46 bits per heavy atom. The predicted octanol–water partition coefficient (Wildman–Crippen LogP) is 2.96. The quantitative estimate of drug-likeness (QED) is 0.855. The zero-order valence-corrected chi connectivity index (χ0v) is 14.9. The molecule has 0 aliphatic carbocycles. The largest absolute Gasteiger partial charge is 0.497 e. The Bertz CT molecular complexity index is 819. The molecule has 2 aliphatic rings. The molecule has 1 atom stereocenters. The van der Waals surface area contributed by atoms with Gasteiger partial charge in [0, 0.05) is 42.7 Å². The molecule has 134 valence electrons. The predicted molar refractivity (Wildman–Crippen MR) is 99.4 cm³/mol. The fraction of sp³-hybridized carbons (Fsp3) is 0.333. The fourth-order valence-corrected chi connectivity index (χ4v) is 4.04. The molecule has 2 heterocycles. The smallest absolute Gasteiger partial charge is 0.253 e. The minimum Gasteiger partial charge on any atom is -0.497 e. The minimum absolute atomic E-state index is 0.0233. The summed E-state index contributed by atoms with van der Waals surface area (Å²) in [5.41, 5.74) is 1.47. The number of nitrogens with zero attached hydrogens (tertiary/aromatic N) is 2. The van der Waals surface area contributed by atoms with Crippen molar-refractivity contribution in [1.82, 2.24) is 4.90 Å². The Hall–Kier alpha value is -2.82. The average molecular weight is 350 g/mol. The van der Waals surface area contributed by atoms with Crippen molar-refractivity contribution in [2.24, 2.45) is 5.41 Å². The molecule has 2 saturated heterocycles. The highest BCUT2D eigenvalue weighted by Gasteiger charge is 2.48. The van der Waals surface area contributed by atoms with Gasteiger partial charge >= 0.3 is 0 Å². The Morgan fingerprint density at radius 1 is 1.04 bits per heavy atom. The van der Waals surface area contributed by atoms with Gasteiger partial charge in [-0.1, -0.05) is 18.2 Å². The summed E-state index contributed by atoms with van der Waals surface area (Å²) in [6.07, 6.45) is 1.37. The third kappa shape index (κ3) is 2.94. The molecule has 2 aromatic rings. The molecule has 0 saturated carbocycles. The number of anilines is 1. The van der Waals surface area contributed by atoms with Crippen LogP contribution in [0.25, 0.3) is 0 Å². The summed E-state index contributed by atoms with van der Waals surface area (Å²) < 4.78 is 5.15. The maximum absolute atomic E-state index is 12.8. The second-order valence-corrected chi connectivity index (χ2v) is 7.20. The second-order valence-electron chi connectivity index (χ2n) is 7.20. The van der Waals surface area contributed by atoms with Crippen LogP contribution in [0.4, 0.5) is 5.69 Å². The van der Waals surface area contributed by atoms with Gasteiger partial charge in [0.15, 0.2) is 0 Å². The van der Waals surface area contributed by atoms with Crippen LogP contribution in [0.3, 0.4) is 0 Å². The average Bonchev–Trinajstić information content (AvgIpc) is 3.25. The summed E-state index contributed by atoms with van der Waals surface area (Å²) >= 11 is 0. The number of hydrogen-bond acceptors (Lipinski definition) is 3. The van der Waals surface area contributed by atoms with Crippen LogP contribution in [0, 0.1) is 5.41 Å². The van der Waals surface area contributed by atoms with Gasteiger partial charge < -0.3 is 14.5 Å². The lowest BCUT2D eigenvalue weighted by Crippen LogP contribution is -2.34. The SMILES string of the molecule is COc1ccc(C(=O)N2CCC3(CC(=O)N(c4ccccc4)C3)C2)cc1. The summed E-state index contributed by atoms with van der Waals surface area (Å²) in [5, 5.41) is 0. The number of amides is 2. The molecule has 2 aliphatic heterocycles. The number of ether oxygens (including phenoxy) is 1. The lowest BCUT2D eigenvalue weighted by molar-refractivity contribution is -0.117. The fourth-order valence-electron chi connectivity index (χ4n) is 4.04. The summed E-state index contributed by atoms with van der Waals surface area (Å²) in [4.78, 5) is 29.1. The van der Waals surface area contributed by atoms with Crippen LogP contribution in [-0.4, -0.2) is 43.5 Å². The van der Waals surface area contributed by atoms with Gasteiger partial charge in [-0.15, -0.1) is 0 Å². The monoisotopic (exact) mass is 350 g/mol. The Labute approximate surface area is 153 Å². The third-order valence-electron chi connectivity index (χ3n) is 5.45. The van der Waals surface area contributed by atoms with Crippen LogP contribution in [0.5, 0.6) is 5.75 Å². The van der Waals surface area contributed by atoms with E-state index in [-0.39, 0.29) is 17.2 Å². The van der Waals surface area contributed by atoms with E-state index in [0.29, 0.717) is 31.6 Å². The summed E-state index contributed by atoms with van der Waals surface area (Å²) in [6, 6.07) is 17.0. The topological polar surface area (TPSA) is 49.9 Å². The van der Waals surface area contributed by atoms with Crippen LogP contribution < -0.4 is 9.64 Å². The molecule has 2 aromatic carbocycles. The van der Waals surface area contributed by atoms with E-state index in [1.165, 1.54) is 0 Å². The van der Waals surface area contributed by atoms with E-state index in [9.17, 15) is 9.59 Å². The number of likely N-dealkylation sites (tertiary alicyclic amines) is 1. The minimum atomic E-state index is -0.130. The first-order valence-corrected chi connectivity index (χ1v) is 8.89. The van der Waals surface area contributed by atoms with Gasteiger partial charge in [0.1, 0.15) is 5.75 Å². The van der Waals surface area contributed by atoms with E-state index >= 15 is 0 Å². The van der Waals surface area contributed by atoms with Gasteiger partial charge in [-0.3, -0.25) is 9.59 Å². The van der Waals surface area contributed by atoms with Crippen molar-refractivity contribution in [1.29, 1.82) is 0 Å². The lowest BCUT2D eigenvalue weighted by atomic mass is 9.86. The number of para-hydroxylation sites is 1. The molecule has 0 aromatic heterocycles. The van der Waals surface area contributed by atoms with E-state index in [4.69, 9.17) is 4.74 Å². The number of carbonyl (C=O) groups is 2. The maximum atomic E-state index is 12.8. The Kier molecular flexibility index (Phi) is 4.15. The molecule has 2 fully saturated rings. The summed E-state index contributed by atoms with van der Waals surface area (Å²) in [6.45, 7) is 2.01. The second kappa shape index (κ2) is 6.48. The molecule has 1 unspecified atom stereocenters. The van der Waals surface area contributed by atoms with Crippen molar-refractivity contribution in [2.75, 3.05) is 31.6 Å². The van der Waals surface area contributed by atoms with E-state index in [1.54, 1.807) is 31.4 Å². The molecule has 0 bridgehead atoms. The highest BCUT2D eigenvalue weighted by Crippen LogP contribution is 2.42. The van der Waals surface area contributed by atoms with Crippen molar-refractivity contribution < 1.29 is 14.3 Å². The molecule has 0 N–H and O–H groups in total. The van der Waals surface area contributed by atoms with Crippen molar-refractivity contribution >= 4 is 17.5 Å². The van der Waals surface area contributed by atoms with Crippen LogP contribution in [0.1, 0.15) is 23.2 Å². The third-order valence-corrected chi connectivity index (χ3v) is 5.45. The highest BCUT2D eigenvalue weighted by atomic mass is 16.5. The van der Waals surface area contributed by atoms with E-state index in [2.05, 4.69) is 0 Å². The van der Waals surface area contributed by atoms with Gasteiger partial charge in [-0.2, -0.15) is 0 Å². The van der Waals surface area contributed by atoms with E-state index in [0.717, 1.165) is 17.9 Å². The maximum Gasteiger partial charge on any atom is 0.253 e. The zero-order chi connectivity index (χ0) is 18.1. The van der Waals surface area contributed by atoms with Crippen molar-refractivity contribution in [3.63, 3.8) is 0 Å². The standard InChI is InChI=1S/C21H22N2O3/c1-26-18-9-7-16(8-10-18)20(25)22-12-11-21(14-22)13-19(24)23(15-21)17-5-3-2-4-6-17/h2-10H,11-15H2,1H3. The van der Waals surface area contributed by atoms with Gasteiger partial charge in [-0.05, 0) is 42.8 Å². The number of methoxy groups -OCH3 is 1. The van der Waals surface area contributed by atoms with Crippen LogP contribution in [0.15, 0.2) is 54.6 Å². The lowest BCUT2D eigenvalue weighted by Gasteiger charge is -2.24. The summed E-state index contributed by atoms with van der Waals surface area (Å²) in [5.74, 6) is 0.907. The molecule has 0 radical (unpaired) electrons. The number of benzene rings is 2. The van der Waals surface area contributed by atoms with E-state index < -0.39 is 0 Å². The molecule has 1 spiro atoms. The molecule has 2 amide bonds. The van der Waals surface area contributed by atoms with Crippen LogP contribution >= 0.6 is 0 Å². The number of carbonyl (C=O) groups excluding carboxylic acids is 2. The van der Waals surface area contributed by atoms with Crippen molar-refractivity contribution in [2.45, 2.75) is 12.8 Å². The van der Waals surface area contributed by atoms with Gasteiger partial charge in [0.25, 0.3) is 5.91 Å². The van der Waals surface area contributed by atoms with Gasteiger partial charge in [0.2, 0.25) is 5.91 Å². The van der Waals surface area contributed by atoms with Gasteiger partial charge in [-0.25, -0.2) is 0 Å². The molecule has 5 heteroatoms. The number of hydrogen-bond donors (Lipinski definition) is 0. The summed E-state index contributed by atoms with van der Waals surface area (Å²) in [7, 11) is 1.61. The molecular weight excluding hydrogens is 328 g/mol. The van der Waals surface area contributed by atoms with Gasteiger partial charge in [0.05, 0.1) is 7.11 Å². The highest BCUT2D eigenvalue weighted by molar-refractivity contribution is 5.97. The number of rotatable bonds is 3. The van der Waals surface area contributed by atoms with E-state index in [1.807, 2.05) is 40.1 Å². The van der Waals surface area contributed by atoms with Crippen molar-refractivity contribution in [3.8, 4) is 5.75 Å². The Balaban J connectivity index is 1.47. The first-order chi connectivity index (χ1) is 12.6. The molecule has 26 heavy (non-hydrogen) atoms. The van der Waals surface area contributed by atoms with Crippen LogP contribution in [-0.2, 0) is 4.79 Å². The Morgan fingerprint density at radius 2 is 1.77 bits per heavy atom. The first-order valence-electron chi connectivity index (χ1n) is 8.89. The van der Waals surface area contributed by atoms with Crippen LogP contribution in [0.2, 0.25) is 0 Å². The molecule has 5 nitrogen and oxygen atoms in total. The van der Waals surface area contributed by atoms with Crippen molar-refractivity contribution in [3.05, 3.63) is 60.2 Å². The zero-order valence-electron chi connectivity index (χ0n) is 14.9.